The SMILES string of the molecule is CC[N+]1=C(/C=C(C)/C=C2/N(CCCCCC(=O)O)c3ccc4c(S(=O)(=O)O)cc(S(=O)(=O)O)cc4c3C2(C)CCOCCOCCOCCOC)C(C)(C)c2c1ccc1c(S(=O)(=O)O)cc(S(=O)(=O)O)cc21. The van der Waals surface area contributed by atoms with Crippen molar-refractivity contribution in [2.24, 2.45) is 0 Å². The maximum atomic E-state index is 12.9. The van der Waals surface area contributed by atoms with E-state index >= 15 is 0 Å². The van der Waals surface area contributed by atoms with E-state index in [0.29, 0.717) is 110 Å². The van der Waals surface area contributed by atoms with Crippen molar-refractivity contribution in [1.29, 1.82) is 0 Å². The van der Waals surface area contributed by atoms with Gasteiger partial charge in [-0.05, 0) is 118 Å². The predicted octanol–water partition coefficient (Wildman–Crippen LogP) is 6.72. The Morgan fingerprint density at radius 2 is 1.18 bits per heavy atom. The van der Waals surface area contributed by atoms with E-state index in [9.17, 15) is 61.8 Å². The van der Waals surface area contributed by atoms with E-state index in [2.05, 4.69) is 0 Å². The van der Waals surface area contributed by atoms with Gasteiger partial charge in [0.1, 0.15) is 16.3 Å². The average Bonchev–Trinajstić information content (AvgIpc) is 3.64. The number of rotatable bonds is 25. The van der Waals surface area contributed by atoms with Gasteiger partial charge in [0.2, 0.25) is 5.69 Å². The van der Waals surface area contributed by atoms with E-state index in [1.54, 1.807) is 19.2 Å². The van der Waals surface area contributed by atoms with Crippen molar-refractivity contribution in [2.75, 3.05) is 71.3 Å². The Hall–Kier alpha value is -4.70. The Morgan fingerprint density at radius 1 is 0.667 bits per heavy atom. The van der Waals surface area contributed by atoms with E-state index in [4.69, 9.17) is 18.9 Å². The Morgan fingerprint density at radius 3 is 1.68 bits per heavy atom. The molecule has 4 aromatic carbocycles. The number of fused-ring (bicyclic) bond motifs is 6. The molecule has 0 saturated heterocycles. The number of methoxy groups -OCH3 is 1. The monoisotopic (exact) mass is 1080 g/mol. The third kappa shape index (κ3) is 12.1. The van der Waals surface area contributed by atoms with E-state index in [-0.39, 0.29) is 54.2 Å². The molecule has 5 N–H and O–H groups in total. The first-order valence-electron chi connectivity index (χ1n) is 23.0. The number of hydrogen-bond donors (Lipinski definition) is 5. The topological polar surface area (TPSA) is 298 Å². The molecule has 2 aliphatic rings. The number of aliphatic carboxylic acids is 1. The number of anilines is 1. The van der Waals surface area contributed by atoms with Crippen LogP contribution in [0.15, 0.2) is 91.5 Å². The zero-order valence-electron chi connectivity index (χ0n) is 40.7. The fraction of sp³-hybridized carbons (Fsp3) is 0.458. The first-order valence-corrected chi connectivity index (χ1v) is 28.7. The zero-order valence-corrected chi connectivity index (χ0v) is 44.0. The maximum Gasteiger partial charge on any atom is 0.303 e. The van der Waals surface area contributed by atoms with Crippen LogP contribution in [0.3, 0.4) is 0 Å². The summed E-state index contributed by atoms with van der Waals surface area (Å²) in [6.45, 7) is 12.0. The van der Waals surface area contributed by atoms with Crippen molar-refractivity contribution in [2.45, 2.75) is 97.1 Å². The van der Waals surface area contributed by atoms with Crippen LogP contribution < -0.4 is 4.90 Å². The highest BCUT2D eigenvalue weighted by atomic mass is 32.2. The van der Waals surface area contributed by atoms with Crippen LogP contribution in [0.1, 0.15) is 77.8 Å². The van der Waals surface area contributed by atoms with Gasteiger partial charge in [-0.15, -0.1) is 0 Å². The molecule has 0 aromatic heterocycles. The summed E-state index contributed by atoms with van der Waals surface area (Å²) in [6.07, 6.45) is 5.34. The fourth-order valence-corrected chi connectivity index (χ4v) is 12.5. The molecule has 72 heavy (non-hydrogen) atoms. The van der Waals surface area contributed by atoms with Gasteiger partial charge in [-0.25, -0.2) is 0 Å². The fourth-order valence-electron chi connectivity index (χ4n) is 9.78. The van der Waals surface area contributed by atoms with E-state index in [0.717, 1.165) is 6.07 Å². The van der Waals surface area contributed by atoms with Gasteiger partial charge < -0.3 is 29.0 Å². The molecule has 0 saturated carbocycles. The van der Waals surface area contributed by atoms with Crippen molar-refractivity contribution in [3.05, 3.63) is 83.1 Å². The smallest absolute Gasteiger partial charge is 0.303 e. The second-order valence-corrected chi connectivity index (χ2v) is 23.9. The predicted molar refractivity (Wildman–Crippen MR) is 267 cm³/mol. The molecule has 2 heterocycles. The number of allylic oxidation sites excluding steroid dienone is 4. The van der Waals surface area contributed by atoms with Gasteiger partial charge in [0.25, 0.3) is 40.5 Å². The first-order chi connectivity index (χ1) is 33.6. The molecule has 0 amide bonds. The van der Waals surface area contributed by atoms with Crippen LogP contribution in [0.25, 0.3) is 21.5 Å². The van der Waals surface area contributed by atoms with Gasteiger partial charge in [0, 0.05) is 72.0 Å². The van der Waals surface area contributed by atoms with Crippen molar-refractivity contribution in [1.82, 2.24) is 0 Å². The lowest BCUT2D eigenvalue weighted by Gasteiger charge is -2.31. The Bertz CT molecular complexity index is 3330. The van der Waals surface area contributed by atoms with Crippen LogP contribution in [0.5, 0.6) is 0 Å². The van der Waals surface area contributed by atoms with Crippen LogP contribution in [0, 0.1) is 0 Å². The molecule has 24 heteroatoms. The Balaban J connectivity index is 1.53. The lowest BCUT2D eigenvalue weighted by atomic mass is 9.76. The number of nitrogens with zero attached hydrogens (tertiary/aromatic N) is 2. The van der Waals surface area contributed by atoms with Crippen molar-refractivity contribution < 1.29 is 85.3 Å². The molecular weight excluding hydrogens is 1020 g/mol. The molecule has 0 aliphatic carbocycles. The first kappa shape index (κ1) is 56.6. The highest BCUT2D eigenvalue weighted by Gasteiger charge is 2.48. The molecule has 0 radical (unpaired) electrons. The quantitative estimate of drug-likeness (QED) is 0.0261. The molecule has 394 valence electrons. The van der Waals surface area contributed by atoms with E-state index < -0.39 is 76.9 Å². The molecule has 0 spiro atoms. The summed E-state index contributed by atoms with van der Waals surface area (Å²) < 4.78 is 167. The molecule has 0 fully saturated rings. The molecule has 1 unspecified atom stereocenters. The molecule has 4 aromatic rings. The number of hydrogen-bond acceptors (Lipinski definition) is 14. The van der Waals surface area contributed by atoms with Crippen LogP contribution in [0.4, 0.5) is 11.4 Å². The lowest BCUT2D eigenvalue weighted by molar-refractivity contribution is -0.433. The number of benzene rings is 4. The Labute approximate surface area is 419 Å². The lowest BCUT2D eigenvalue weighted by Crippen LogP contribution is -2.31. The van der Waals surface area contributed by atoms with Crippen LogP contribution in [-0.2, 0) is 75.0 Å². The van der Waals surface area contributed by atoms with Crippen LogP contribution in [-0.4, -0.2) is 140 Å². The van der Waals surface area contributed by atoms with Gasteiger partial charge in [0.05, 0.1) is 54.8 Å². The van der Waals surface area contributed by atoms with Gasteiger partial charge in [-0.3, -0.25) is 23.0 Å². The van der Waals surface area contributed by atoms with Gasteiger partial charge in [-0.1, -0.05) is 12.5 Å². The highest BCUT2D eigenvalue weighted by molar-refractivity contribution is 7.87. The minimum Gasteiger partial charge on any atom is -0.481 e. The number of unbranched alkanes of at least 4 members (excludes halogenated alkanes) is 2. The largest absolute Gasteiger partial charge is 0.481 e. The van der Waals surface area contributed by atoms with Gasteiger partial charge in [0.15, 0.2) is 5.71 Å². The van der Waals surface area contributed by atoms with Gasteiger partial charge in [-0.2, -0.15) is 38.2 Å². The summed E-state index contributed by atoms with van der Waals surface area (Å²) in [5.41, 5.74) is 1.97. The maximum absolute atomic E-state index is 12.9. The average molecular weight is 1080 g/mol. The van der Waals surface area contributed by atoms with Crippen LogP contribution in [0.2, 0.25) is 0 Å². The van der Waals surface area contributed by atoms with Crippen molar-refractivity contribution in [3.8, 4) is 0 Å². The molecule has 2 aliphatic heterocycles. The van der Waals surface area contributed by atoms with E-state index in [1.807, 2.05) is 56.2 Å². The third-order valence-corrected chi connectivity index (χ3v) is 16.5. The molecular formula is C48H61N2O18S4+. The minimum atomic E-state index is -5.07. The van der Waals surface area contributed by atoms with E-state index in [1.165, 1.54) is 18.2 Å². The summed E-state index contributed by atoms with van der Waals surface area (Å²) in [6, 6.07) is 9.96. The Kier molecular flexibility index (Phi) is 17.3. The normalized spacial score (nSPS) is 17.9. The standard InChI is InChI=1S/C48H60N2O18S4/c1-7-49-38-14-12-34-36(27-32(69(53,54)55)29-40(34)71(59,60)61)45(38)47(3,4)42(49)25-31(2)26-43-48(5,16-18-66-21-22-68-24-23-67-20-19-65-6)46-37-28-33(70(56,57)58)30-41(72(62,63)64)35(37)13-15-39(46)50(43)17-10-8-9-11-44(51)52/h12-15,25-30H,7-11,16-24H2,1-6H3,(H4-,51,52,53,54,55,56,57,58,59,60,61,62,63,64)/p+1. The molecule has 6 rings (SSSR count). The second-order valence-electron chi connectivity index (χ2n) is 18.3. The number of carboxylic acid groups (broad SMARTS) is 1. The zero-order chi connectivity index (χ0) is 53.2. The summed E-state index contributed by atoms with van der Waals surface area (Å²) in [7, 11) is -18.5. The van der Waals surface area contributed by atoms with Crippen LogP contribution >= 0.6 is 0 Å². The van der Waals surface area contributed by atoms with Crippen molar-refractivity contribution in [3.63, 3.8) is 0 Å². The molecule has 1 atom stereocenters. The molecule has 20 nitrogen and oxygen atoms in total. The number of carbonyl (C=O) groups is 1. The summed E-state index contributed by atoms with van der Waals surface area (Å²) in [5.74, 6) is -0.951. The summed E-state index contributed by atoms with van der Waals surface area (Å²) in [4.78, 5) is 10.5. The van der Waals surface area contributed by atoms with Gasteiger partial charge >= 0.3 is 5.97 Å². The highest BCUT2D eigenvalue weighted by Crippen LogP contribution is 2.54. The summed E-state index contributed by atoms with van der Waals surface area (Å²) >= 11 is 0. The number of carboxylic acids is 1. The second kappa shape index (κ2) is 22.0. The minimum absolute atomic E-state index is 0.0204. The molecule has 0 bridgehead atoms. The number of ether oxygens (including phenoxy) is 4. The third-order valence-electron chi connectivity index (χ3n) is 13.0. The summed E-state index contributed by atoms with van der Waals surface area (Å²) in [5, 5.41) is 9.64. The van der Waals surface area contributed by atoms with Crippen molar-refractivity contribution >= 4 is 85.1 Å².